The van der Waals surface area contributed by atoms with Crippen LogP contribution in [0.5, 0.6) is 0 Å². The monoisotopic (exact) mass is 627 g/mol. The zero-order chi connectivity index (χ0) is 32.4. The van der Waals surface area contributed by atoms with Crippen molar-refractivity contribution in [1.82, 2.24) is 10.6 Å². The maximum Gasteiger partial charge on any atom is 0.211 e. The predicted molar refractivity (Wildman–Crippen MR) is 182 cm³/mol. The zero-order valence-corrected chi connectivity index (χ0v) is 28.7. The lowest BCUT2D eigenvalue weighted by atomic mass is 9.87. The van der Waals surface area contributed by atoms with Crippen LogP contribution < -0.4 is 16.0 Å². The third kappa shape index (κ3) is 22.4. The molecule has 0 aromatic heterocycles. The molecule has 0 spiro atoms. The number of benzene rings is 1. The van der Waals surface area contributed by atoms with Crippen LogP contribution in [0.15, 0.2) is 47.5 Å². The average molecular weight is 629 g/mol. The van der Waals surface area contributed by atoms with Crippen molar-refractivity contribution in [1.29, 1.82) is 0 Å². The fourth-order valence-electron chi connectivity index (χ4n) is 3.85. The van der Waals surface area contributed by atoms with Crippen LogP contribution in [0.4, 0.5) is 10.1 Å². The number of anilines is 1. The summed E-state index contributed by atoms with van der Waals surface area (Å²) >= 11 is 11.9. The fraction of sp³-hybridized carbons (Fsp3) is 0.588. The van der Waals surface area contributed by atoms with Gasteiger partial charge < -0.3 is 16.0 Å². The van der Waals surface area contributed by atoms with E-state index in [0.717, 1.165) is 25.1 Å². The maximum absolute atomic E-state index is 13.9. The van der Waals surface area contributed by atoms with E-state index in [9.17, 15) is 14.0 Å². The molecule has 1 aromatic rings. The highest BCUT2D eigenvalue weighted by Gasteiger charge is 2.29. The molecule has 3 rings (SSSR count). The van der Waals surface area contributed by atoms with Gasteiger partial charge >= 0.3 is 0 Å². The van der Waals surface area contributed by atoms with Crippen LogP contribution in [0.1, 0.15) is 105 Å². The minimum Gasteiger partial charge on any atom is -0.359 e. The van der Waals surface area contributed by atoms with Crippen LogP contribution in [0.25, 0.3) is 0 Å². The summed E-state index contributed by atoms with van der Waals surface area (Å²) in [5.41, 5.74) is 1.75. The Morgan fingerprint density at radius 2 is 1.62 bits per heavy atom. The van der Waals surface area contributed by atoms with Crippen LogP contribution in [0.2, 0.25) is 5.02 Å². The van der Waals surface area contributed by atoms with E-state index in [-0.39, 0.29) is 16.9 Å². The van der Waals surface area contributed by atoms with Gasteiger partial charge in [-0.3, -0.25) is 9.59 Å². The fourth-order valence-corrected chi connectivity index (χ4v) is 4.15. The third-order valence-corrected chi connectivity index (χ3v) is 6.19. The van der Waals surface area contributed by atoms with Crippen molar-refractivity contribution in [3.8, 4) is 0 Å². The molecule has 240 valence electrons. The third-order valence-electron chi connectivity index (χ3n) is 5.65. The Balaban J connectivity index is 0. The number of carbonyl (C=O) groups is 2. The summed E-state index contributed by atoms with van der Waals surface area (Å²) in [6.07, 6.45) is 19.2. The van der Waals surface area contributed by atoms with Gasteiger partial charge in [0, 0.05) is 36.3 Å². The Morgan fingerprint density at radius 1 is 1.05 bits per heavy atom. The van der Waals surface area contributed by atoms with Gasteiger partial charge in [0.1, 0.15) is 5.82 Å². The predicted octanol–water partition coefficient (Wildman–Crippen LogP) is 9.78. The molecule has 3 N–H and O–H groups in total. The number of halogens is 3. The average Bonchev–Trinajstić information content (AvgIpc) is 3.68. The van der Waals surface area contributed by atoms with Gasteiger partial charge in [-0.15, -0.1) is 0 Å². The lowest BCUT2D eigenvalue weighted by molar-refractivity contribution is -0.109. The van der Waals surface area contributed by atoms with E-state index in [4.69, 9.17) is 23.2 Å². The second-order valence-corrected chi connectivity index (χ2v) is 12.2. The van der Waals surface area contributed by atoms with Gasteiger partial charge in [0.2, 0.25) is 12.8 Å². The summed E-state index contributed by atoms with van der Waals surface area (Å²) < 4.78 is 13.9. The van der Waals surface area contributed by atoms with Crippen molar-refractivity contribution < 1.29 is 14.0 Å². The van der Waals surface area contributed by atoms with Gasteiger partial charge in [-0.25, -0.2) is 4.39 Å². The summed E-state index contributed by atoms with van der Waals surface area (Å²) in [5, 5.41) is 9.02. The number of hydrogen-bond acceptors (Lipinski definition) is 3. The molecular formula is C34H56Cl2FN3O2. The minimum atomic E-state index is -0.497. The molecule has 2 amide bonds. The normalized spacial score (nSPS) is 17.9. The van der Waals surface area contributed by atoms with E-state index in [1.54, 1.807) is 6.08 Å². The van der Waals surface area contributed by atoms with Gasteiger partial charge in [-0.2, -0.15) is 0 Å². The number of hydrogen-bond donors (Lipinski definition) is 3. The SMILES string of the molecule is C1CCCC1.CC.CC(C)(C)C.CCCNC=O.C\C=C/C=C(Cl)\C=C\C1CNC[C@H]1c1cc(F)c(Cl)cc1NC=O. The highest BCUT2D eigenvalue weighted by Crippen LogP contribution is 2.36. The second-order valence-electron chi connectivity index (χ2n) is 11.3. The van der Waals surface area contributed by atoms with Gasteiger partial charge in [-0.05, 0) is 54.5 Å². The Hall–Kier alpha value is -2.15. The summed E-state index contributed by atoms with van der Waals surface area (Å²) in [7, 11) is 0. The molecule has 1 aromatic carbocycles. The Morgan fingerprint density at radius 3 is 2.07 bits per heavy atom. The molecule has 1 saturated carbocycles. The van der Waals surface area contributed by atoms with Crippen molar-refractivity contribution >= 4 is 41.7 Å². The molecule has 1 heterocycles. The van der Waals surface area contributed by atoms with E-state index >= 15 is 0 Å². The molecule has 2 aliphatic rings. The molecule has 2 fully saturated rings. The van der Waals surface area contributed by atoms with E-state index < -0.39 is 5.82 Å². The lowest BCUT2D eigenvalue weighted by Crippen LogP contribution is -2.12. The first-order valence-corrected chi connectivity index (χ1v) is 16.0. The standard InChI is InChI=1S/C18H19Cl2FN2O.C5H10.C5H12.C4H9NO.C2H6/c1-2-3-4-13(19)6-5-12-9-22-10-15(12)14-7-17(21)16(20)8-18(14)23-11-24;1-2-4-5-3-1;1-5(2,3)4;1-2-3-5-4-6;1-2/h2-8,11-12,15,22H,9-10H2,1H3,(H,23,24);1-5H2;1-4H3;4H,2-3H2,1H3,(H,5,6);1-2H3/b3-2-,6-5+,13-4+;;;;/t12?,15-;;;;/m1..../s1. The van der Waals surface area contributed by atoms with E-state index in [0.29, 0.717) is 35.5 Å². The summed E-state index contributed by atoms with van der Waals surface area (Å²) in [4.78, 5) is 20.3. The minimum absolute atomic E-state index is 0.0153. The quantitative estimate of drug-likeness (QED) is 0.145. The van der Waals surface area contributed by atoms with Crippen molar-refractivity contribution in [3.63, 3.8) is 0 Å². The number of allylic oxidation sites excluding steroid dienone is 5. The van der Waals surface area contributed by atoms with E-state index in [1.807, 2.05) is 52.0 Å². The van der Waals surface area contributed by atoms with Gasteiger partial charge in [0.05, 0.1) is 5.02 Å². The lowest BCUT2D eigenvalue weighted by Gasteiger charge is -2.19. The van der Waals surface area contributed by atoms with Crippen molar-refractivity contribution in [2.75, 3.05) is 25.0 Å². The van der Waals surface area contributed by atoms with Crippen LogP contribution in [0, 0.1) is 17.2 Å². The van der Waals surface area contributed by atoms with Crippen LogP contribution in [0.3, 0.4) is 0 Å². The molecule has 42 heavy (non-hydrogen) atoms. The smallest absolute Gasteiger partial charge is 0.211 e. The van der Waals surface area contributed by atoms with E-state index in [1.165, 1.54) is 44.2 Å². The summed E-state index contributed by atoms with van der Waals surface area (Å²) in [6, 6.07) is 2.84. The topological polar surface area (TPSA) is 70.2 Å². The largest absolute Gasteiger partial charge is 0.359 e. The van der Waals surface area contributed by atoms with Crippen LogP contribution >= 0.6 is 23.2 Å². The van der Waals surface area contributed by atoms with E-state index in [2.05, 4.69) is 43.6 Å². The zero-order valence-electron chi connectivity index (χ0n) is 27.2. The van der Waals surface area contributed by atoms with Gasteiger partial charge in [0.25, 0.3) is 0 Å². The Labute approximate surface area is 265 Å². The van der Waals surface area contributed by atoms with Crippen LogP contribution in [-0.2, 0) is 9.59 Å². The summed E-state index contributed by atoms with van der Waals surface area (Å²) in [6.45, 7) is 18.9. The molecule has 1 aliphatic carbocycles. The van der Waals surface area contributed by atoms with Gasteiger partial charge in [0.15, 0.2) is 0 Å². The van der Waals surface area contributed by atoms with Crippen molar-refractivity contribution in [2.24, 2.45) is 11.3 Å². The Kier molecular flexibility index (Phi) is 26.5. The Bertz CT molecular complexity index is 926. The molecule has 0 bridgehead atoms. The number of nitrogens with one attached hydrogen (secondary N) is 3. The second kappa shape index (κ2) is 26.5. The highest BCUT2D eigenvalue weighted by atomic mass is 35.5. The molecule has 5 nitrogen and oxygen atoms in total. The number of amides is 2. The molecule has 1 unspecified atom stereocenters. The molecular weight excluding hydrogens is 572 g/mol. The molecule has 2 atom stereocenters. The molecule has 1 aliphatic heterocycles. The highest BCUT2D eigenvalue weighted by molar-refractivity contribution is 6.31. The first kappa shape index (κ1) is 42.0. The number of rotatable bonds is 9. The molecule has 0 radical (unpaired) electrons. The molecule has 8 heteroatoms. The number of carbonyl (C=O) groups excluding carboxylic acids is 2. The summed E-state index contributed by atoms with van der Waals surface area (Å²) in [5.74, 6) is -0.351. The first-order chi connectivity index (χ1) is 20.0. The first-order valence-electron chi connectivity index (χ1n) is 15.2. The van der Waals surface area contributed by atoms with Crippen molar-refractivity contribution in [3.05, 3.63) is 63.9 Å². The molecule has 1 saturated heterocycles. The van der Waals surface area contributed by atoms with Gasteiger partial charge in [-0.1, -0.05) is 122 Å². The van der Waals surface area contributed by atoms with Crippen LogP contribution in [-0.4, -0.2) is 32.5 Å². The maximum atomic E-state index is 13.9. The van der Waals surface area contributed by atoms with Crippen molar-refractivity contribution in [2.45, 2.75) is 99.8 Å².